The summed E-state index contributed by atoms with van der Waals surface area (Å²) in [5.74, 6) is 0.521. The monoisotopic (exact) mass is 447 g/mol. The number of aliphatic hydroxyl groups is 1. The third-order valence-electron chi connectivity index (χ3n) is 5.24. The molecule has 0 spiro atoms. The highest BCUT2D eigenvalue weighted by molar-refractivity contribution is 5.91. The highest BCUT2D eigenvalue weighted by atomic mass is 16.7. The molecule has 182 valence electrons. The molecule has 0 saturated heterocycles. The normalized spacial score (nSPS) is 21.3. The fourth-order valence-corrected chi connectivity index (χ4v) is 3.54. The van der Waals surface area contributed by atoms with Crippen LogP contribution in [0.4, 0.5) is 0 Å². The van der Waals surface area contributed by atoms with E-state index in [0.29, 0.717) is 44.7 Å². The maximum atomic E-state index is 13.0. The first-order valence-electron chi connectivity index (χ1n) is 11.0. The van der Waals surface area contributed by atoms with Gasteiger partial charge in [0, 0.05) is 40.4 Å². The molecule has 31 heavy (non-hydrogen) atoms. The number of amides is 1. The lowest BCUT2D eigenvalue weighted by Crippen LogP contribution is -2.43. The van der Waals surface area contributed by atoms with Crippen molar-refractivity contribution in [3.63, 3.8) is 0 Å². The summed E-state index contributed by atoms with van der Waals surface area (Å²) in [7, 11) is 4.76. The number of ether oxygens (including phenoxy) is 6. The van der Waals surface area contributed by atoms with E-state index in [1.807, 2.05) is 13.0 Å². The number of nitrogens with zero attached hydrogens (tertiary/aromatic N) is 1. The van der Waals surface area contributed by atoms with Gasteiger partial charge in [0.25, 0.3) is 5.91 Å². The lowest BCUT2D eigenvalue weighted by molar-refractivity contribution is -0.181. The van der Waals surface area contributed by atoms with Crippen LogP contribution in [-0.4, -0.2) is 95.9 Å². The predicted molar refractivity (Wildman–Crippen MR) is 115 cm³/mol. The Balaban J connectivity index is 2.81. The van der Waals surface area contributed by atoms with Crippen LogP contribution in [-0.2, 0) is 33.2 Å². The Morgan fingerprint density at radius 3 is 2.35 bits per heavy atom. The number of rotatable bonds is 16. The third kappa shape index (κ3) is 9.43. The number of aliphatic hydroxyl groups excluding tert-OH is 1. The predicted octanol–water partition coefficient (Wildman–Crippen LogP) is 1.64. The number of carbonyl (C=O) groups excluding carboxylic acids is 1. The second kappa shape index (κ2) is 15.6. The van der Waals surface area contributed by atoms with Crippen LogP contribution in [0.5, 0.6) is 0 Å². The molecular formula is C22H41NO8. The first-order valence-corrected chi connectivity index (χ1v) is 11.0. The molecule has 1 heterocycles. The van der Waals surface area contributed by atoms with E-state index in [9.17, 15) is 4.79 Å². The Bertz CT molecular complexity index is 524. The average Bonchev–Trinajstić information content (AvgIpc) is 2.76. The summed E-state index contributed by atoms with van der Waals surface area (Å²) < 4.78 is 33.2. The van der Waals surface area contributed by atoms with E-state index in [4.69, 9.17) is 33.5 Å². The lowest BCUT2D eigenvalue weighted by Gasteiger charge is -2.39. The fourth-order valence-electron chi connectivity index (χ4n) is 3.54. The zero-order valence-corrected chi connectivity index (χ0v) is 19.9. The van der Waals surface area contributed by atoms with Crippen LogP contribution >= 0.6 is 0 Å². The van der Waals surface area contributed by atoms with Crippen molar-refractivity contribution >= 4 is 5.91 Å². The Morgan fingerprint density at radius 1 is 1.16 bits per heavy atom. The summed E-state index contributed by atoms with van der Waals surface area (Å²) in [5.41, 5.74) is 0. The zero-order chi connectivity index (χ0) is 23.2. The van der Waals surface area contributed by atoms with E-state index in [1.165, 1.54) is 19.1 Å². The van der Waals surface area contributed by atoms with Gasteiger partial charge in [0.1, 0.15) is 0 Å². The Hall–Kier alpha value is -1.23. The van der Waals surface area contributed by atoms with E-state index >= 15 is 0 Å². The maximum absolute atomic E-state index is 13.0. The number of carbonyl (C=O) groups is 1. The van der Waals surface area contributed by atoms with Crippen molar-refractivity contribution in [1.82, 2.24) is 4.90 Å². The van der Waals surface area contributed by atoms with Crippen LogP contribution < -0.4 is 0 Å². The zero-order valence-electron chi connectivity index (χ0n) is 19.9. The first kappa shape index (κ1) is 27.8. The van der Waals surface area contributed by atoms with Crippen LogP contribution in [0.25, 0.3) is 0 Å². The van der Waals surface area contributed by atoms with Crippen molar-refractivity contribution in [3.8, 4) is 0 Å². The maximum Gasteiger partial charge on any atom is 0.288 e. The summed E-state index contributed by atoms with van der Waals surface area (Å²) in [6, 6.07) is 0. The van der Waals surface area contributed by atoms with Crippen molar-refractivity contribution in [3.05, 3.63) is 11.8 Å². The summed E-state index contributed by atoms with van der Waals surface area (Å²) in [6.07, 6.45) is 1.62. The molecular weight excluding hydrogens is 406 g/mol. The number of allylic oxidation sites excluding steroid dienone is 1. The molecule has 0 aromatic heterocycles. The molecule has 3 atom stereocenters. The molecule has 1 aliphatic rings. The topological polar surface area (TPSA) is 95.9 Å². The summed E-state index contributed by atoms with van der Waals surface area (Å²) in [4.78, 5) is 14.5. The van der Waals surface area contributed by atoms with Gasteiger partial charge in [-0.1, -0.05) is 13.8 Å². The molecule has 0 unspecified atom stereocenters. The molecule has 1 amide bonds. The molecule has 0 bridgehead atoms. The standard InChI is InChI=1S/C22H41NO8/c1-7-30-22-17(8-10-28-12-13-29-11-9-24)18(16(2)3)14-19(31-22)21(25)23(4)15-20(26-5)27-6/h14,16-18,20,22,24H,7-13,15H2,1-6H3/t17-,18+,22+/m0/s1. The number of hydrogen-bond acceptors (Lipinski definition) is 8. The van der Waals surface area contributed by atoms with Gasteiger partial charge in [0.05, 0.1) is 33.0 Å². The van der Waals surface area contributed by atoms with Crippen LogP contribution in [0.2, 0.25) is 0 Å². The minimum Gasteiger partial charge on any atom is -0.459 e. The van der Waals surface area contributed by atoms with Gasteiger partial charge in [-0.05, 0) is 31.3 Å². The molecule has 0 aromatic carbocycles. The van der Waals surface area contributed by atoms with E-state index in [2.05, 4.69) is 13.8 Å². The molecule has 9 heteroatoms. The molecule has 0 aliphatic carbocycles. The highest BCUT2D eigenvalue weighted by Gasteiger charge is 2.39. The smallest absolute Gasteiger partial charge is 0.288 e. The third-order valence-corrected chi connectivity index (χ3v) is 5.24. The van der Waals surface area contributed by atoms with Gasteiger partial charge < -0.3 is 38.4 Å². The summed E-state index contributed by atoms with van der Waals surface area (Å²) >= 11 is 0. The van der Waals surface area contributed by atoms with Crippen LogP contribution in [0.3, 0.4) is 0 Å². The summed E-state index contributed by atoms with van der Waals surface area (Å²) in [6.45, 7) is 8.69. The molecule has 0 aromatic rings. The first-order chi connectivity index (χ1) is 14.9. The Morgan fingerprint density at radius 2 is 1.81 bits per heavy atom. The van der Waals surface area contributed by atoms with E-state index in [1.54, 1.807) is 7.05 Å². The largest absolute Gasteiger partial charge is 0.459 e. The van der Waals surface area contributed by atoms with E-state index in [0.717, 1.165) is 6.42 Å². The van der Waals surface area contributed by atoms with Crippen LogP contribution in [0.1, 0.15) is 27.2 Å². The van der Waals surface area contributed by atoms with Gasteiger partial charge in [-0.2, -0.15) is 0 Å². The second-order valence-corrected chi connectivity index (χ2v) is 7.78. The van der Waals surface area contributed by atoms with Gasteiger partial charge in [0.2, 0.25) is 6.29 Å². The molecule has 9 nitrogen and oxygen atoms in total. The molecule has 0 radical (unpaired) electrons. The second-order valence-electron chi connectivity index (χ2n) is 7.78. The van der Waals surface area contributed by atoms with Gasteiger partial charge >= 0.3 is 0 Å². The minimum absolute atomic E-state index is 0.00564. The Labute approximate surface area is 186 Å². The van der Waals surface area contributed by atoms with E-state index in [-0.39, 0.29) is 30.9 Å². The number of methoxy groups -OCH3 is 2. The highest BCUT2D eigenvalue weighted by Crippen LogP contribution is 2.36. The molecule has 0 saturated carbocycles. The quantitative estimate of drug-likeness (QED) is 0.282. The van der Waals surface area contributed by atoms with Crippen molar-refractivity contribution in [2.24, 2.45) is 17.8 Å². The van der Waals surface area contributed by atoms with Crippen molar-refractivity contribution in [1.29, 1.82) is 0 Å². The molecule has 1 rings (SSSR count). The minimum atomic E-state index is -0.523. The van der Waals surface area contributed by atoms with Crippen LogP contribution in [0, 0.1) is 17.8 Å². The lowest BCUT2D eigenvalue weighted by atomic mass is 9.79. The van der Waals surface area contributed by atoms with Crippen molar-refractivity contribution in [2.75, 3.05) is 67.5 Å². The Kier molecular flexibility index (Phi) is 13.9. The van der Waals surface area contributed by atoms with E-state index < -0.39 is 12.6 Å². The molecule has 1 aliphatic heterocycles. The van der Waals surface area contributed by atoms with Gasteiger partial charge in [-0.15, -0.1) is 0 Å². The van der Waals surface area contributed by atoms with Gasteiger partial charge in [-0.25, -0.2) is 0 Å². The van der Waals surface area contributed by atoms with Gasteiger partial charge in [0.15, 0.2) is 12.0 Å². The van der Waals surface area contributed by atoms with Gasteiger partial charge in [-0.3, -0.25) is 4.79 Å². The molecule has 0 fully saturated rings. The van der Waals surface area contributed by atoms with Crippen molar-refractivity contribution < 1.29 is 38.3 Å². The number of hydrogen-bond donors (Lipinski definition) is 1. The molecule has 1 N–H and O–H groups in total. The van der Waals surface area contributed by atoms with Crippen molar-refractivity contribution in [2.45, 2.75) is 39.8 Å². The SMILES string of the molecule is CCO[C@@H]1OC(C(=O)N(C)CC(OC)OC)=C[C@H](C(C)C)[C@@H]1CCOCCOCCO. The summed E-state index contributed by atoms with van der Waals surface area (Å²) in [5, 5.41) is 8.72. The number of likely N-dealkylation sites (N-methyl/N-ethyl adjacent to an activating group) is 1. The average molecular weight is 448 g/mol. The fraction of sp³-hybridized carbons (Fsp3) is 0.864. The van der Waals surface area contributed by atoms with Crippen LogP contribution in [0.15, 0.2) is 11.8 Å².